The van der Waals surface area contributed by atoms with E-state index < -0.39 is 21.5 Å². The molecule has 0 aromatic heterocycles. The Kier molecular flexibility index (Phi) is 5.88. The summed E-state index contributed by atoms with van der Waals surface area (Å²) in [6.07, 6.45) is 1.28. The van der Waals surface area contributed by atoms with Gasteiger partial charge in [-0.1, -0.05) is 32.4 Å². The minimum absolute atomic E-state index is 0.0347. The Morgan fingerprint density at radius 3 is 2.48 bits per heavy atom. The van der Waals surface area contributed by atoms with Gasteiger partial charge in [-0.15, -0.1) is 0 Å². The van der Waals surface area contributed by atoms with E-state index in [1.165, 1.54) is 6.07 Å². The van der Waals surface area contributed by atoms with Gasteiger partial charge >= 0.3 is 0 Å². The Bertz CT molecular complexity index is 597. The third-order valence-electron chi connectivity index (χ3n) is 3.05. The van der Waals surface area contributed by atoms with Crippen LogP contribution in [0.25, 0.3) is 0 Å². The number of carbonyl (C=O) groups is 1. The first-order chi connectivity index (χ1) is 9.74. The maximum absolute atomic E-state index is 12.2. The van der Waals surface area contributed by atoms with Crippen molar-refractivity contribution in [2.75, 3.05) is 11.9 Å². The van der Waals surface area contributed by atoms with Crippen molar-refractivity contribution in [2.45, 2.75) is 44.0 Å². The SMILES string of the molecule is CCCC(C)(N)C(=O)Nc1ccccc1S(=O)(=O)NCC. The summed E-state index contributed by atoms with van der Waals surface area (Å²) in [5.74, 6) is -0.400. The molecule has 1 aromatic carbocycles. The molecule has 7 heteroatoms. The lowest BCUT2D eigenvalue weighted by Gasteiger charge is -2.23. The lowest BCUT2D eigenvalue weighted by molar-refractivity contribution is -0.120. The molecule has 1 atom stereocenters. The molecule has 0 saturated heterocycles. The number of carbonyl (C=O) groups excluding carboxylic acids is 1. The first-order valence-electron chi connectivity index (χ1n) is 6.93. The van der Waals surface area contributed by atoms with Gasteiger partial charge in [0.2, 0.25) is 15.9 Å². The summed E-state index contributed by atoms with van der Waals surface area (Å²) < 4.78 is 26.6. The topological polar surface area (TPSA) is 101 Å². The molecular formula is C14H23N3O3S. The van der Waals surface area contributed by atoms with Gasteiger partial charge in [0.1, 0.15) is 4.90 Å². The van der Waals surface area contributed by atoms with Crippen molar-refractivity contribution in [3.05, 3.63) is 24.3 Å². The highest BCUT2D eigenvalue weighted by Crippen LogP contribution is 2.22. The molecule has 1 rings (SSSR count). The third-order valence-corrected chi connectivity index (χ3v) is 4.65. The van der Waals surface area contributed by atoms with E-state index in [0.29, 0.717) is 6.42 Å². The van der Waals surface area contributed by atoms with Gasteiger partial charge in [-0.25, -0.2) is 13.1 Å². The highest BCUT2D eigenvalue weighted by molar-refractivity contribution is 7.89. The maximum Gasteiger partial charge on any atom is 0.244 e. The first kappa shape index (κ1) is 17.6. The van der Waals surface area contributed by atoms with Crippen LogP contribution >= 0.6 is 0 Å². The smallest absolute Gasteiger partial charge is 0.244 e. The van der Waals surface area contributed by atoms with Gasteiger partial charge < -0.3 is 11.1 Å². The second-order valence-corrected chi connectivity index (χ2v) is 6.85. The van der Waals surface area contributed by atoms with Gasteiger partial charge in [-0.3, -0.25) is 4.79 Å². The molecule has 1 aromatic rings. The van der Waals surface area contributed by atoms with Crippen molar-refractivity contribution in [1.82, 2.24) is 4.72 Å². The van der Waals surface area contributed by atoms with E-state index in [9.17, 15) is 13.2 Å². The molecule has 1 unspecified atom stereocenters. The van der Waals surface area contributed by atoms with Gasteiger partial charge in [-0.2, -0.15) is 0 Å². The van der Waals surface area contributed by atoms with Crippen LogP contribution in [0.5, 0.6) is 0 Å². The second kappa shape index (κ2) is 7.02. The van der Waals surface area contributed by atoms with Crippen LogP contribution in [-0.2, 0) is 14.8 Å². The van der Waals surface area contributed by atoms with Crippen LogP contribution in [0.15, 0.2) is 29.2 Å². The Labute approximate surface area is 126 Å². The number of para-hydroxylation sites is 1. The fraction of sp³-hybridized carbons (Fsp3) is 0.500. The lowest BCUT2D eigenvalue weighted by atomic mass is 9.96. The lowest BCUT2D eigenvalue weighted by Crippen LogP contribution is -2.48. The second-order valence-electron chi connectivity index (χ2n) is 5.12. The first-order valence-corrected chi connectivity index (χ1v) is 8.42. The molecule has 0 heterocycles. The molecule has 21 heavy (non-hydrogen) atoms. The molecule has 0 bridgehead atoms. The monoisotopic (exact) mass is 313 g/mol. The van der Waals surface area contributed by atoms with Gasteiger partial charge in [0, 0.05) is 6.54 Å². The van der Waals surface area contributed by atoms with E-state index in [2.05, 4.69) is 10.0 Å². The molecule has 6 nitrogen and oxygen atoms in total. The van der Waals surface area contributed by atoms with Crippen molar-refractivity contribution < 1.29 is 13.2 Å². The van der Waals surface area contributed by atoms with Crippen LogP contribution in [0.2, 0.25) is 0 Å². The predicted molar refractivity (Wildman–Crippen MR) is 83.4 cm³/mol. The fourth-order valence-electron chi connectivity index (χ4n) is 1.97. The Balaban J connectivity index is 3.08. The molecular weight excluding hydrogens is 290 g/mol. The Morgan fingerprint density at radius 2 is 1.90 bits per heavy atom. The zero-order valence-electron chi connectivity index (χ0n) is 12.6. The summed E-state index contributed by atoms with van der Waals surface area (Å²) in [6.45, 7) is 5.53. The van der Waals surface area contributed by atoms with E-state index in [4.69, 9.17) is 5.73 Å². The highest BCUT2D eigenvalue weighted by atomic mass is 32.2. The number of nitrogens with one attached hydrogen (secondary N) is 2. The molecule has 0 aliphatic heterocycles. The minimum atomic E-state index is -3.65. The molecule has 0 aliphatic carbocycles. The molecule has 0 spiro atoms. The van der Waals surface area contributed by atoms with Crippen LogP contribution in [0.3, 0.4) is 0 Å². The van der Waals surface area contributed by atoms with Crippen molar-refractivity contribution >= 4 is 21.6 Å². The van der Waals surface area contributed by atoms with Gasteiger partial charge in [0.15, 0.2) is 0 Å². The van der Waals surface area contributed by atoms with Crippen LogP contribution < -0.4 is 15.8 Å². The summed E-state index contributed by atoms with van der Waals surface area (Å²) in [4.78, 5) is 12.2. The number of hydrogen-bond acceptors (Lipinski definition) is 4. The van der Waals surface area contributed by atoms with E-state index in [1.807, 2.05) is 6.92 Å². The summed E-state index contributed by atoms with van der Waals surface area (Å²) in [5.41, 5.74) is 5.15. The average Bonchev–Trinajstić information content (AvgIpc) is 2.39. The molecule has 4 N–H and O–H groups in total. The zero-order chi connectivity index (χ0) is 16.1. The third kappa shape index (κ3) is 4.52. The molecule has 0 aliphatic rings. The predicted octanol–water partition coefficient (Wildman–Crippen LogP) is 1.44. The van der Waals surface area contributed by atoms with E-state index in [-0.39, 0.29) is 17.1 Å². The highest BCUT2D eigenvalue weighted by Gasteiger charge is 2.28. The maximum atomic E-state index is 12.2. The Morgan fingerprint density at radius 1 is 1.29 bits per heavy atom. The van der Waals surface area contributed by atoms with Crippen LogP contribution in [0.1, 0.15) is 33.6 Å². The van der Waals surface area contributed by atoms with E-state index in [0.717, 1.165) is 6.42 Å². The fourth-order valence-corrected chi connectivity index (χ4v) is 3.17. The number of amides is 1. The van der Waals surface area contributed by atoms with Crippen molar-refractivity contribution in [3.8, 4) is 0 Å². The quantitative estimate of drug-likeness (QED) is 0.709. The standard InChI is InChI=1S/C14H23N3O3S/c1-4-10-14(3,15)13(18)17-11-8-6-7-9-12(11)21(19,20)16-5-2/h6-9,16H,4-5,10,15H2,1-3H3,(H,17,18). The van der Waals surface area contributed by atoms with Crippen molar-refractivity contribution in [3.63, 3.8) is 0 Å². The number of rotatable bonds is 7. The normalized spacial score (nSPS) is 14.5. The van der Waals surface area contributed by atoms with E-state index >= 15 is 0 Å². The minimum Gasteiger partial charge on any atom is -0.323 e. The number of hydrogen-bond donors (Lipinski definition) is 3. The van der Waals surface area contributed by atoms with Gasteiger partial charge in [0.25, 0.3) is 0 Å². The molecule has 0 radical (unpaired) electrons. The van der Waals surface area contributed by atoms with Crippen molar-refractivity contribution in [1.29, 1.82) is 0 Å². The zero-order valence-corrected chi connectivity index (χ0v) is 13.5. The summed E-state index contributed by atoms with van der Waals surface area (Å²) in [7, 11) is -3.65. The van der Waals surface area contributed by atoms with Gasteiger partial charge in [-0.05, 0) is 25.5 Å². The summed E-state index contributed by atoms with van der Waals surface area (Å²) >= 11 is 0. The van der Waals surface area contributed by atoms with Crippen LogP contribution in [0.4, 0.5) is 5.69 Å². The molecule has 0 saturated carbocycles. The number of nitrogens with two attached hydrogens (primary N) is 1. The van der Waals surface area contributed by atoms with Gasteiger partial charge in [0.05, 0.1) is 11.2 Å². The van der Waals surface area contributed by atoms with Crippen molar-refractivity contribution in [2.24, 2.45) is 5.73 Å². The van der Waals surface area contributed by atoms with Crippen LogP contribution in [0, 0.1) is 0 Å². The summed E-state index contributed by atoms with van der Waals surface area (Å²) in [5, 5.41) is 2.62. The number of sulfonamides is 1. The molecule has 1 amide bonds. The number of anilines is 1. The number of benzene rings is 1. The average molecular weight is 313 g/mol. The largest absolute Gasteiger partial charge is 0.323 e. The molecule has 0 fully saturated rings. The Hall–Kier alpha value is -1.44. The molecule has 118 valence electrons. The van der Waals surface area contributed by atoms with E-state index in [1.54, 1.807) is 32.0 Å². The summed E-state index contributed by atoms with van der Waals surface area (Å²) in [6, 6.07) is 6.26. The van der Waals surface area contributed by atoms with Crippen LogP contribution in [-0.4, -0.2) is 26.4 Å².